The Morgan fingerprint density at radius 3 is 2.11 bits per heavy atom. The van der Waals surface area contributed by atoms with Crippen molar-refractivity contribution in [1.82, 2.24) is 10.6 Å². The van der Waals surface area contributed by atoms with E-state index in [4.69, 9.17) is 33.2 Å². The number of benzene rings is 2. The zero-order valence-electron chi connectivity index (χ0n) is 30.7. The molecule has 1 aliphatic heterocycles. The summed E-state index contributed by atoms with van der Waals surface area (Å²) in [5.41, 5.74) is 0.944. The first-order valence-electron chi connectivity index (χ1n) is 16.5. The van der Waals surface area contributed by atoms with Crippen LogP contribution in [0.25, 0.3) is 0 Å². The van der Waals surface area contributed by atoms with Crippen molar-refractivity contribution in [2.45, 2.75) is 88.2 Å². The monoisotopic (exact) mass is 774 g/mol. The molecule has 1 heterocycles. The summed E-state index contributed by atoms with van der Waals surface area (Å²) in [4.78, 5) is 99.5. The average molecular weight is 775 g/mol. The van der Waals surface area contributed by atoms with E-state index < -0.39 is 103 Å². The molecule has 18 heteroatoms. The molecule has 2 aromatic carbocycles. The SMILES string of the molecule is COC(=O)[C@]1(Sc2ccc(C)cc2)C[C@H](OC(C)=O)[C@@H](NC(=O)COC(C)=O)[C@H]([C@H](OC(C)=O)[C@@H](CNC(=O)c2cccc(OC(C)=O)c2)OC(C)=O)O1. The van der Waals surface area contributed by atoms with Gasteiger partial charge in [-0.25, -0.2) is 4.79 Å². The smallest absolute Gasteiger partial charge is 0.349 e. The summed E-state index contributed by atoms with van der Waals surface area (Å²) in [6, 6.07) is 11.1. The Hall–Kier alpha value is -5.49. The average Bonchev–Trinajstić information content (AvgIpc) is 3.09. The minimum absolute atomic E-state index is 0.0398. The molecular weight excluding hydrogens is 732 g/mol. The van der Waals surface area contributed by atoms with Crippen LogP contribution in [0.3, 0.4) is 0 Å². The highest BCUT2D eigenvalue weighted by Gasteiger charge is 2.59. The van der Waals surface area contributed by atoms with Crippen LogP contribution in [0.4, 0.5) is 0 Å². The van der Waals surface area contributed by atoms with Crippen molar-refractivity contribution in [1.29, 1.82) is 0 Å². The van der Waals surface area contributed by atoms with Crippen LogP contribution in [0.5, 0.6) is 5.75 Å². The van der Waals surface area contributed by atoms with Crippen molar-refractivity contribution in [2.75, 3.05) is 20.3 Å². The number of thioether (sulfide) groups is 1. The van der Waals surface area contributed by atoms with E-state index in [0.29, 0.717) is 4.90 Å². The number of carbonyl (C=O) groups excluding carboxylic acids is 8. The fourth-order valence-electron chi connectivity index (χ4n) is 5.45. The Morgan fingerprint density at radius 1 is 0.870 bits per heavy atom. The van der Waals surface area contributed by atoms with E-state index in [-0.39, 0.29) is 11.3 Å². The van der Waals surface area contributed by atoms with Crippen molar-refractivity contribution in [2.24, 2.45) is 0 Å². The lowest BCUT2D eigenvalue weighted by Crippen LogP contribution is -2.68. The third-order valence-electron chi connectivity index (χ3n) is 7.53. The van der Waals surface area contributed by atoms with Crippen LogP contribution in [-0.2, 0) is 62.0 Å². The second-order valence-corrected chi connectivity index (χ2v) is 13.4. The number of methoxy groups -OCH3 is 1. The van der Waals surface area contributed by atoms with E-state index in [0.717, 1.165) is 52.1 Å². The van der Waals surface area contributed by atoms with Gasteiger partial charge in [0.25, 0.3) is 11.8 Å². The normalized spacial score (nSPS) is 20.2. The number of amides is 2. The summed E-state index contributed by atoms with van der Waals surface area (Å²) in [7, 11) is 1.10. The Morgan fingerprint density at radius 2 is 1.54 bits per heavy atom. The number of hydrogen-bond acceptors (Lipinski definition) is 16. The molecule has 1 saturated heterocycles. The lowest BCUT2D eigenvalue weighted by atomic mass is 9.89. The largest absolute Gasteiger partial charge is 0.466 e. The van der Waals surface area contributed by atoms with Gasteiger partial charge < -0.3 is 43.8 Å². The van der Waals surface area contributed by atoms with Gasteiger partial charge in [-0.2, -0.15) is 0 Å². The number of ether oxygens (including phenoxy) is 7. The van der Waals surface area contributed by atoms with Gasteiger partial charge >= 0.3 is 35.8 Å². The Bertz CT molecular complexity index is 1730. The molecule has 2 N–H and O–H groups in total. The van der Waals surface area contributed by atoms with Crippen LogP contribution in [0, 0.1) is 6.92 Å². The van der Waals surface area contributed by atoms with Crippen LogP contribution in [0.2, 0.25) is 0 Å². The highest BCUT2D eigenvalue weighted by Crippen LogP contribution is 2.46. The predicted octanol–water partition coefficient (Wildman–Crippen LogP) is 1.94. The minimum Gasteiger partial charge on any atom is -0.466 e. The summed E-state index contributed by atoms with van der Waals surface area (Å²) in [5, 5.41) is 5.16. The second kappa shape index (κ2) is 19.5. The third kappa shape index (κ3) is 12.6. The molecule has 1 aliphatic rings. The molecule has 292 valence electrons. The molecule has 0 radical (unpaired) electrons. The number of esters is 6. The molecule has 6 atom stereocenters. The van der Waals surface area contributed by atoms with Crippen molar-refractivity contribution in [3.8, 4) is 5.75 Å². The van der Waals surface area contributed by atoms with E-state index in [2.05, 4.69) is 10.6 Å². The number of nitrogens with one attached hydrogen (secondary N) is 2. The number of carbonyl (C=O) groups is 8. The van der Waals surface area contributed by atoms with Gasteiger partial charge in [-0.15, -0.1) is 0 Å². The molecule has 0 aliphatic carbocycles. The fraction of sp³-hybridized carbons (Fsp3) is 0.444. The zero-order chi connectivity index (χ0) is 40.2. The quantitative estimate of drug-likeness (QED) is 0.150. The maximum Gasteiger partial charge on any atom is 0.349 e. The Balaban J connectivity index is 2.18. The first kappa shape index (κ1) is 42.9. The van der Waals surface area contributed by atoms with Gasteiger partial charge in [0.05, 0.1) is 19.7 Å². The number of hydrogen-bond donors (Lipinski definition) is 2. The highest BCUT2D eigenvalue weighted by molar-refractivity contribution is 8.01. The first-order chi connectivity index (χ1) is 25.4. The molecule has 2 amide bonds. The molecule has 2 aromatic rings. The lowest BCUT2D eigenvalue weighted by molar-refractivity contribution is -0.220. The van der Waals surface area contributed by atoms with Crippen molar-refractivity contribution in [3.63, 3.8) is 0 Å². The molecular formula is C36H42N2O15S. The third-order valence-corrected chi connectivity index (χ3v) is 8.80. The van der Waals surface area contributed by atoms with E-state index >= 15 is 0 Å². The van der Waals surface area contributed by atoms with E-state index in [1.54, 1.807) is 24.3 Å². The molecule has 17 nitrogen and oxygen atoms in total. The topological polar surface area (TPSA) is 225 Å². The van der Waals surface area contributed by atoms with Crippen LogP contribution in [0.15, 0.2) is 53.4 Å². The molecule has 3 rings (SSSR count). The molecule has 0 unspecified atom stereocenters. The zero-order valence-corrected chi connectivity index (χ0v) is 31.5. The number of rotatable bonds is 15. The highest BCUT2D eigenvalue weighted by atomic mass is 32.2. The second-order valence-electron chi connectivity index (χ2n) is 12.0. The van der Waals surface area contributed by atoms with Gasteiger partial charge in [-0.3, -0.25) is 33.6 Å². The summed E-state index contributed by atoms with van der Waals surface area (Å²) < 4.78 is 38.5. The summed E-state index contributed by atoms with van der Waals surface area (Å²) >= 11 is 0.882. The minimum atomic E-state index is -2.05. The maximum atomic E-state index is 13.8. The fourth-order valence-corrected chi connectivity index (χ4v) is 6.68. The molecule has 0 bridgehead atoms. The van der Waals surface area contributed by atoms with E-state index in [1.165, 1.54) is 31.2 Å². The molecule has 0 aromatic heterocycles. The van der Waals surface area contributed by atoms with Gasteiger partial charge in [0.1, 0.15) is 18.0 Å². The predicted molar refractivity (Wildman–Crippen MR) is 187 cm³/mol. The van der Waals surface area contributed by atoms with Gasteiger partial charge in [0, 0.05) is 51.5 Å². The van der Waals surface area contributed by atoms with Crippen LogP contribution in [0.1, 0.15) is 57.0 Å². The van der Waals surface area contributed by atoms with E-state index in [9.17, 15) is 38.4 Å². The molecule has 54 heavy (non-hydrogen) atoms. The lowest BCUT2D eigenvalue weighted by Gasteiger charge is -2.48. The van der Waals surface area contributed by atoms with Crippen LogP contribution in [-0.4, -0.2) is 103 Å². The van der Waals surface area contributed by atoms with E-state index in [1.807, 2.05) is 6.92 Å². The van der Waals surface area contributed by atoms with Crippen molar-refractivity contribution >= 4 is 59.4 Å². The maximum absolute atomic E-state index is 13.8. The van der Waals surface area contributed by atoms with Gasteiger partial charge in [-0.05, 0) is 37.3 Å². The summed E-state index contributed by atoms with van der Waals surface area (Å²) in [5.74, 6) is -6.55. The molecule has 0 saturated carbocycles. The van der Waals surface area contributed by atoms with Crippen molar-refractivity contribution in [3.05, 3.63) is 59.7 Å². The van der Waals surface area contributed by atoms with Crippen LogP contribution < -0.4 is 15.4 Å². The standard InChI is InChI=1S/C36H42N2O15S/c1-19-11-13-27(14-12-19)54-36(35(46)47-7)16-28(50-22(4)41)31(38-30(44)18-48-20(2)39)33(53-36)32(52-24(6)43)29(51-23(5)42)17-37-34(45)25-9-8-10-26(15-25)49-21(3)40/h8-15,28-29,31-33H,16-18H2,1-7H3,(H,37,45)(H,38,44)/t28-,29+,31+,32+,33+,36+/m0/s1. The Labute approximate surface area is 315 Å². The van der Waals surface area contributed by atoms with Gasteiger partial charge in [0.15, 0.2) is 18.8 Å². The summed E-state index contributed by atoms with van der Waals surface area (Å²) in [6.07, 6.45) is -6.85. The van der Waals surface area contributed by atoms with Crippen LogP contribution >= 0.6 is 11.8 Å². The molecule has 0 spiro atoms. The van der Waals surface area contributed by atoms with Gasteiger partial charge in [-0.1, -0.05) is 35.5 Å². The van der Waals surface area contributed by atoms with Gasteiger partial charge in [0.2, 0.25) is 4.93 Å². The first-order valence-corrected chi connectivity index (χ1v) is 17.3. The summed E-state index contributed by atoms with van der Waals surface area (Å²) in [6.45, 7) is 5.97. The van der Waals surface area contributed by atoms with Crippen molar-refractivity contribution < 1.29 is 71.5 Å². The Kier molecular flexibility index (Phi) is 15.5. The number of aryl methyl sites for hydroxylation is 1. The molecule has 1 fully saturated rings.